The molecule has 1 aliphatic heterocycles. The van der Waals surface area contributed by atoms with Crippen LogP contribution < -0.4 is 10.5 Å². The number of benzene rings is 1. The zero-order valence-corrected chi connectivity index (χ0v) is 12.5. The molecule has 3 N–H and O–H groups in total. The maximum absolute atomic E-state index is 8.72. The minimum atomic E-state index is -0.0160. The van der Waals surface area contributed by atoms with Gasteiger partial charge in [-0.3, -0.25) is 9.80 Å². The predicted molar refractivity (Wildman–Crippen MR) is 82.8 cm³/mol. The van der Waals surface area contributed by atoms with E-state index in [2.05, 4.69) is 15.0 Å². The monoisotopic (exact) mass is 292 g/mol. The highest BCUT2D eigenvalue weighted by molar-refractivity contribution is 5.84. The Morgan fingerprint density at radius 3 is 2.57 bits per heavy atom. The third kappa shape index (κ3) is 4.61. The number of rotatable bonds is 6. The predicted octanol–water partition coefficient (Wildman–Crippen LogP) is 0.818. The molecule has 0 aliphatic carbocycles. The van der Waals surface area contributed by atoms with E-state index in [4.69, 9.17) is 15.7 Å². The van der Waals surface area contributed by atoms with E-state index in [9.17, 15) is 0 Å². The molecule has 0 aromatic heterocycles. The van der Waals surface area contributed by atoms with Crippen LogP contribution in [0.25, 0.3) is 0 Å². The Morgan fingerprint density at radius 2 is 1.95 bits per heavy atom. The number of hydrogen-bond donors (Lipinski definition) is 2. The van der Waals surface area contributed by atoms with Crippen LogP contribution in [0.2, 0.25) is 0 Å². The third-order valence-electron chi connectivity index (χ3n) is 3.92. The molecular formula is C15H24N4O2. The Bertz CT molecular complexity index is 444. The average Bonchev–Trinajstić information content (AvgIpc) is 2.55. The minimum absolute atomic E-state index is 0.0160. The highest BCUT2D eigenvalue weighted by Crippen LogP contribution is 2.09. The summed E-state index contributed by atoms with van der Waals surface area (Å²) in [6.45, 7) is 7.36. The van der Waals surface area contributed by atoms with Crippen molar-refractivity contribution in [2.24, 2.45) is 10.9 Å². The van der Waals surface area contributed by atoms with Gasteiger partial charge < -0.3 is 15.7 Å². The standard InChI is InChI=1S/C15H24N4O2/c1-13(15(16)17-20)19-9-7-18(8-10-19)11-12-21-14-5-3-2-4-6-14/h2-6,13,20H,7-12H2,1H3,(H2,16,17). The number of oxime groups is 1. The maximum Gasteiger partial charge on any atom is 0.156 e. The van der Waals surface area contributed by atoms with Crippen LogP contribution in [0, 0.1) is 0 Å². The van der Waals surface area contributed by atoms with Crippen LogP contribution in [0.4, 0.5) is 0 Å². The lowest BCUT2D eigenvalue weighted by atomic mass is 10.2. The van der Waals surface area contributed by atoms with Crippen molar-refractivity contribution in [3.05, 3.63) is 30.3 Å². The molecule has 1 aliphatic rings. The summed E-state index contributed by atoms with van der Waals surface area (Å²) in [5.74, 6) is 1.19. The molecule has 1 unspecified atom stereocenters. The average molecular weight is 292 g/mol. The molecule has 0 amide bonds. The zero-order chi connectivity index (χ0) is 15.1. The lowest BCUT2D eigenvalue weighted by molar-refractivity contribution is 0.107. The first kappa shape index (κ1) is 15.6. The van der Waals surface area contributed by atoms with Crippen LogP contribution in [0.3, 0.4) is 0 Å². The van der Waals surface area contributed by atoms with Gasteiger partial charge in [0.2, 0.25) is 0 Å². The largest absolute Gasteiger partial charge is 0.492 e. The molecule has 1 aromatic rings. The fourth-order valence-electron chi connectivity index (χ4n) is 2.45. The van der Waals surface area contributed by atoms with E-state index in [0.717, 1.165) is 38.5 Å². The van der Waals surface area contributed by atoms with E-state index < -0.39 is 0 Å². The molecule has 1 fully saturated rings. The van der Waals surface area contributed by atoms with E-state index in [0.29, 0.717) is 6.61 Å². The smallest absolute Gasteiger partial charge is 0.156 e. The van der Waals surface area contributed by atoms with E-state index in [1.807, 2.05) is 37.3 Å². The quantitative estimate of drug-likeness (QED) is 0.351. The van der Waals surface area contributed by atoms with Gasteiger partial charge in [-0.1, -0.05) is 23.4 Å². The molecule has 116 valence electrons. The van der Waals surface area contributed by atoms with Crippen molar-refractivity contribution in [3.8, 4) is 5.75 Å². The van der Waals surface area contributed by atoms with Crippen molar-refractivity contribution in [1.82, 2.24) is 9.80 Å². The molecule has 1 saturated heterocycles. The number of para-hydroxylation sites is 1. The number of nitrogens with two attached hydrogens (primary N) is 1. The van der Waals surface area contributed by atoms with Gasteiger partial charge in [-0.05, 0) is 19.1 Å². The second kappa shape index (κ2) is 7.85. The second-order valence-electron chi connectivity index (χ2n) is 5.24. The molecule has 0 radical (unpaired) electrons. The summed E-state index contributed by atoms with van der Waals surface area (Å²) in [7, 11) is 0. The van der Waals surface area contributed by atoms with Gasteiger partial charge in [0.15, 0.2) is 5.84 Å². The number of ether oxygens (including phenoxy) is 1. The normalized spacial score (nSPS) is 19.4. The minimum Gasteiger partial charge on any atom is -0.492 e. The number of hydrogen-bond acceptors (Lipinski definition) is 5. The first-order chi connectivity index (χ1) is 10.2. The lowest BCUT2D eigenvalue weighted by Gasteiger charge is -2.37. The summed E-state index contributed by atoms with van der Waals surface area (Å²) < 4.78 is 5.71. The molecule has 0 spiro atoms. The zero-order valence-electron chi connectivity index (χ0n) is 12.5. The van der Waals surface area contributed by atoms with Gasteiger partial charge in [-0.25, -0.2) is 0 Å². The molecule has 1 atom stereocenters. The topological polar surface area (TPSA) is 74.3 Å². The van der Waals surface area contributed by atoms with Crippen molar-refractivity contribution < 1.29 is 9.94 Å². The van der Waals surface area contributed by atoms with Crippen molar-refractivity contribution in [2.45, 2.75) is 13.0 Å². The van der Waals surface area contributed by atoms with Gasteiger partial charge in [0.05, 0.1) is 6.04 Å². The Hall–Kier alpha value is -1.79. The maximum atomic E-state index is 8.72. The molecule has 2 rings (SSSR count). The van der Waals surface area contributed by atoms with Crippen LogP contribution in [-0.4, -0.2) is 66.2 Å². The Kier molecular flexibility index (Phi) is 5.83. The van der Waals surface area contributed by atoms with Crippen molar-refractivity contribution in [1.29, 1.82) is 0 Å². The van der Waals surface area contributed by atoms with Gasteiger partial charge in [0.25, 0.3) is 0 Å². The van der Waals surface area contributed by atoms with E-state index in [-0.39, 0.29) is 11.9 Å². The van der Waals surface area contributed by atoms with Crippen LogP contribution in [0.1, 0.15) is 6.92 Å². The van der Waals surface area contributed by atoms with Crippen molar-refractivity contribution >= 4 is 5.84 Å². The Labute approximate surface area is 125 Å². The third-order valence-corrected chi connectivity index (χ3v) is 3.92. The number of nitrogens with zero attached hydrogens (tertiary/aromatic N) is 3. The fourth-order valence-corrected chi connectivity index (χ4v) is 2.45. The fraction of sp³-hybridized carbons (Fsp3) is 0.533. The van der Waals surface area contributed by atoms with Gasteiger partial charge in [0.1, 0.15) is 12.4 Å². The van der Waals surface area contributed by atoms with Gasteiger partial charge >= 0.3 is 0 Å². The summed E-state index contributed by atoms with van der Waals surface area (Å²) in [6.07, 6.45) is 0. The molecule has 6 nitrogen and oxygen atoms in total. The van der Waals surface area contributed by atoms with Crippen LogP contribution in [0.5, 0.6) is 5.75 Å². The van der Waals surface area contributed by atoms with Gasteiger partial charge in [-0.15, -0.1) is 0 Å². The van der Waals surface area contributed by atoms with E-state index >= 15 is 0 Å². The van der Waals surface area contributed by atoms with Gasteiger partial charge in [0, 0.05) is 32.7 Å². The molecular weight excluding hydrogens is 268 g/mol. The second-order valence-corrected chi connectivity index (χ2v) is 5.24. The summed E-state index contributed by atoms with van der Waals surface area (Å²) in [5, 5.41) is 11.8. The van der Waals surface area contributed by atoms with E-state index in [1.165, 1.54) is 0 Å². The van der Waals surface area contributed by atoms with Crippen molar-refractivity contribution in [3.63, 3.8) is 0 Å². The lowest BCUT2D eigenvalue weighted by Crippen LogP contribution is -2.53. The summed E-state index contributed by atoms with van der Waals surface area (Å²) in [6, 6.07) is 9.85. The molecule has 0 saturated carbocycles. The molecule has 6 heteroatoms. The number of piperazine rings is 1. The number of amidine groups is 1. The molecule has 0 bridgehead atoms. The first-order valence-corrected chi connectivity index (χ1v) is 7.32. The molecule has 1 heterocycles. The van der Waals surface area contributed by atoms with E-state index in [1.54, 1.807) is 0 Å². The van der Waals surface area contributed by atoms with Crippen molar-refractivity contribution in [2.75, 3.05) is 39.3 Å². The molecule has 1 aromatic carbocycles. The van der Waals surface area contributed by atoms with Gasteiger partial charge in [-0.2, -0.15) is 0 Å². The summed E-state index contributed by atoms with van der Waals surface area (Å²) in [4.78, 5) is 4.60. The van der Waals surface area contributed by atoms with Crippen LogP contribution >= 0.6 is 0 Å². The Balaban J connectivity index is 1.67. The van der Waals surface area contributed by atoms with Crippen LogP contribution in [0.15, 0.2) is 35.5 Å². The Morgan fingerprint density at radius 1 is 1.29 bits per heavy atom. The SMILES string of the molecule is CC(C(N)=NO)N1CCN(CCOc2ccccc2)CC1. The molecule has 21 heavy (non-hydrogen) atoms. The highest BCUT2D eigenvalue weighted by Gasteiger charge is 2.23. The first-order valence-electron chi connectivity index (χ1n) is 7.32. The van der Waals surface area contributed by atoms with Crippen LogP contribution in [-0.2, 0) is 0 Å². The summed E-state index contributed by atoms with van der Waals surface area (Å²) in [5.41, 5.74) is 5.65. The summed E-state index contributed by atoms with van der Waals surface area (Å²) >= 11 is 0. The highest BCUT2D eigenvalue weighted by atomic mass is 16.5.